The summed E-state index contributed by atoms with van der Waals surface area (Å²) in [7, 11) is 0. The van der Waals surface area contributed by atoms with Crippen molar-refractivity contribution in [3.8, 4) is 0 Å². The highest BCUT2D eigenvalue weighted by Gasteiger charge is 2.46. The summed E-state index contributed by atoms with van der Waals surface area (Å²) in [5, 5.41) is 12.9. The Morgan fingerprint density at radius 2 is 2.56 bits per heavy atom. The topological polar surface area (TPSA) is 79.5 Å². The fraction of sp³-hybridized carbons (Fsp3) is 0.700. The maximum Gasteiger partial charge on any atom is 0.324 e. The Bertz CT molecular complexity index is 365. The van der Waals surface area contributed by atoms with Crippen LogP contribution in [0.3, 0.4) is 0 Å². The van der Waals surface area contributed by atoms with Gasteiger partial charge in [-0.3, -0.25) is 9.69 Å². The van der Waals surface area contributed by atoms with Crippen LogP contribution >= 0.6 is 0 Å². The molecule has 0 amide bonds. The Labute approximate surface area is 93.2 Å². The van der Waals surface area contributed by atoms with Crippen molar-refractivity contribution in [2.75, 3.05) is 6.54 Å². The van der Waals surface area contributed by atoms with Crippen molar-refractivity contribution in [1.29, 1.82) is 0 Å². The van der Waals surface area contributed by atoms with Crippen LogP contribution in [0.5, 0.6) is 0 Å². The molecule has 16 heavy (non-hydrogen) atoms. The van der Waals surface area contributed by atoms with Crippen molar-refractivity contribution < 1.29 is 14.4 Å². The quantitative estimate of drug-likeness (QED) is 0.820. The molecule has 0 saturated carbocycles. The minimum atomic E-state index is -0.757. The van der Waals surface area contributed by atoms with Crippen molar-refractivity contribution in [2.45, 2.75) is 38.3 Å². The van der Waals surface area contributed by atoms with E-state index >= 15 is 0 Å². The zero-order valence-electron chi connectivity index (χ0n) is 9.22. The summed E-state index contributed by atoms with van der Waals surface area (Å²) in [4.78, 5) is 17.2. The van der Waals surface area contributed by atoms with Gasteiger partial charge in [-0.2, -0.15) is 4.98 Å². The molecule has 1 fully saturated rings. The number of carboxylic acids is 1. The van der Waals surface area contributed by atoms with E-state index in [1.165, 1.54) is 6.33 Å². The van der Waals surface area contributed by atoms with Gasteiger partial charge >= 0.3 is 5.97 Å². The molecule has 0 aromatic carbocycles. The van der Waals surface area contributed by atoms with Crippen LogP contribution in [0.15, 0.2) is 10.9 Å². The minimum absolute atomic E-state index is 0.417. The molecule has 0 spiro atoms. The lowest BCUT2D eigenvalue weighted by molar-refractivity contribution is -0.150. The molecule has 1 saturated heterocycles. The maximum absolute atomic E-state index is 11.4. The van der Waals surface area contributed by atoms with Crippen LogP contribution in [0, 0.1) is 0 Å². The van der Waals surface area contributed by atoms with Gasteiger partial charge in [-0.25, -0.2) is 0 Å². The average molecular weight is 225 g/mol. The molecular formula is C10H15N3O3. The first-order valence-electron chi connectivity index (χ1n) is 5.43. The highest BCUT2D eigenvalue weighted by molar-refractivity contribution is 5.79. The Morgan fingerprint density at radius 1 is 1.75 bits per heavy atom. The summed E-state index contributed by atoms with van der Waals surface area (Å²) in [5.74, 6) is -0.284. The van der Waals surface area contributed by atoms with Crippen molar-refractivity contribution in [3.05, 3.63) is 12.2 Å². The molecule has 1 aromatic heterocycles. The lowest BCUT2D eigenvalue weighted by atomic mass is 9.93. The molecule has 2 rings (SSSR count). The van der Waals surface area contributed by atoms with E-state index in [4.69, 9.17) is 4.52 Å². The van der Waals surface area contributed by atoms with Crippen LogP contribution in [-0.4, -0.2) is 38.2 Å². The van der Waals surface area contributed by atoms with Gasteiger partial charge in [0.1, 0.15) is 5.54 Å². The van der Waals surface area contributed by atoms with E-state index in [0.717, 1.165) is 13.0 Å². The molecule has 6 heteroatoms. The van der Waals surface area contributed by atoms with Gasteiger partial charge in [-0.15, -0.1) is 0 Å². The number of hydrogen-bond acceptors (Lipinski definition) is 5. The van der Waals surface area contributed by atoms with Gasteiger partial charge in [0.25, 0.3) is 0 Å². The first kappa shape index (κ1) is 11.1. The molecule has 0 aliphatic carbocycles. The second kappa shape index (κ2) is 4.21. The van der Waals surface area contributed by atoms with E-state index in [-0.39, 0.29) is 0 Å². The predicted molar refractivity (Wildman–Crippen MR) is 54.6 cm³/mol. The van der Waals surface area contributed by atoms with Crippen LogP contribution in [0.25, 0.3) is 0 Å². The van der Waals surface area contributed by atoms with Gasteiger partial charge in [0.05, 0.1) is 6.54 Å². The summed E-state index contributed by atoms with van der Waals surface area (Å²) in [6.07, 6.45) is 3.51. The zero-order chi connectivity index (χ0) is 11.6. The summed E-state index contributed by atoms with van der Waals surface area (Å²) in [6, 6.07) is 0. The number of nitrogens with zero attached hydrogens (tertiary/aromatic N) is 3. The van der Waals surface area contributed by atoms with Gasteiger partial charge in [0.2, 0.25) is 5.89 Å². The van der Waals surface area contributed by atoms with Gasteiger partial charge in [-0.05, 0) is 25.8 Å². The molecule has 1 atom stereocenters. The van der Waals surface area contributed by atoms with E-state index in [9.17, 15) is 9.90 Å². The van der Waals surface area contributed by atoms with Gasteiger partial charge in [0, 0.05) is 0 Å². The Kier molecular flexibility index (Phi) is 2.91. The number of likely N-dealkylation sites (tertiary alicyclic amines) is 1. The first-order valence-corrected chi connectivity index (χ1v) is 5.43. The predicted octanol–water partition coefficient (Wildman–Crippen LogP) is 0.899. The molecule has 88 valence electrons. The molecule has 2 heterocycles. The van der Waals surface area contributed by atoms with Crippen LogP contribution in [0.2, 0.25) is 0 Å². The molecule has 1 aromatic rings. The number of hydrogen-bond donors (Lipinski definition) is 1. The second-order valence-electron chi connectivity index (χ2n) is 4.05. The highest BCUT2D eigenvalue weighted by atomic mass is 16.5. The Balaban J connectivity index is 2.16. The molecular weight excluding hydrogens is 210 g/mol. The standard InChI is InChI=1S/C10H15N3O3/c1-2-10(9(14)15)4-3-5-13(10)6-8-11-7-12-16-8/h7H,2-6H2,1H3,(H,14,15). The maximum atomic E-state index is 11.4. The van der Waals surface area contributed by atoms with Gasteiger partial charge < -0.3 is 9.63 Å². The fourth-order valence-corrected chi connectivity index (χ4v) is 2.39. The highest BCUT2D eigenvalue weighted by Crippen LogP contribution is 2.33. The Hall–Kier alpha value is -1.43. The number of aliphatic carboxylic acids is 1. The number of carbonyl (C=O) groups is 1. The van der Waals surface area contributed by atoms with Gasteiger partial charge in [0.15, 0.2) is 6.33 Å². The van der Waals surface area contributed by atoms with E-state index in [0.29, 0.717) is 25.3 Å². The monoisotopic (exact) mass is 225 g/mol. The van der Waals surface area contributed by atoms with Crippen molar-refractivity contribution in [3.63, 3.8) is 0 Å². The van der Waals surface area contributed by atoms with Crippen LogP contribution in [-0.2, 0) is 11.3 Å². The second-order valence-corrected chi connectivity index (χ2v) is 4.05. The molecule has 0 radical (unpaired) electrons. The number of aromatic nitrogens is 2. The molecule has 1 unspecified atom stereocenters. The number of carboxylic acid groups (broad SMARTS) is 1. The molecule has 1 aliphatic heterocycles. The lowest BCUT2D eigenvalue weighted by Crippen LogP contribution is -2.49. The van der Waals surface area contributed by atoms with Gasteiger partial charge in [-0.1, -0.05) is 12.1 Å². The summed E-state index contributed by atoms with van der Waals surface area (Å²) in [6.45, 7) is 3.09. The Morgan fingerprint density at radius 3 is 3.12 bits per heavy atom. The van der Waals surface area contributed by atoms with E-state index in [1.54, 1.807) is 0 Å². The van der Waals surface area contributed by atoms with Crippen molar-refractivity contribution >= 4 is 5.97 Å². The average Bonchev–Trinajstić information content (AvgIpc) is 2.88. The summed E-state index contributed by atoms with van der Waals surface area (Å²) >= 11 is 0. The molecule has 1 N–H and O–H groups in total. The molecule has 0 bridgehead atoms. The third-order valence-electron chi connectivity index (χ3n) is 3.34. The van der Waals surface area contributed by atoms with E-state index in [1.807, 2.05) is 11.8 Å². The third-order valence-corrected chi connectivity index (χ3v) is 3.34. The summed E-state index contributed by atoms with van der Waals surface area (Å²) < 4.78 is 4.92. The van der Waals surface area contributed by atoms with Crippen molar-refractivity contribution in [1.82, 2.24) is 15.0 Å². The van der Waals surface area contributed by atoms with E-state index in [2.05, 4.69) is 10.1 Å². The van der Waals surface area contributed by atoms with Crippen LogP contribution in [0.4, 0.5) is 0 Å². The molecule has 1 aliphatic rings. The molecule has 6 nitrogen and oxygen atoms in total. The van der Waals surface area contributed by atoms with Crippen LogP contribution < -0.4 is 0 Å². The largest absolute Gasteiger partial charge is 0.480 e. The lowest BCUT2D eigenvalue weighted by Gasteiger charge is -2.32. The normalized spacial score (nSPS) is 26.1. The van der Waals surface area contributed by atoms with Crippen molar-refractivity contribution in [2.24, 2.45) is 0 Å². The fourth-order valence-electron chi connectivity index (χ4n) is 2.39. The zero-order valence-corrected chi connectivity index (χ0v) is 9.22. The minimum Gasteiger partial charge on any atom is -0.480 e. The van der Waals surface area contributed by atoms with Crippen LogP contribution in [0.1, 0.15) is 32.1 Å². The first-order chi connectivity index (χ1) is 7.69. The SMILES string of the molecule is CCC1(C(=O)O)CCCN1Cc1ncno1. The summed E-state index contributed by atoms with van der Waals surface area (Å²) in [5.41, 5.74) is -0.755. The number of rotatable bonds is 4. The van der Waals surface area contributed by atoms with E-state index < -0.39 is 11.5 Å². The third kappa shape index (κ3) is 1.69. The smallest absolute Gasteiger partial charge is 0.324 e.